The molecule has 1 N–H and O–H groups in total. The number of esters is 3. The molecular weight excluding hydrogens is 549 g/mol. The number of thioether (sulfide) groups is 1. The number of hydrogen-bond donors (Lipinski definition) is 1. The van der Waals surface area contributed by atoms with Gasteiger partial charge in [0.25, 0.3) is 0 Å². The largest absolute Gasteiger partial charge is 0.463 e. The molecule has 1 saturated heterocycles. The van der Waals surface area contributed by atoms with Crippen molar-refractivity contribution >= 4 is 70.6 Å². The molecule has 1 aromatic carbocycles. The monoisotopic (exact) mass is 571 g/mol. The van der Waals surface area contributed by atoms with Gasteiger partial charge in [0.1, 0.15) is 30.8 Å². The molecule has 0 aliphatic carbocycles. The summed E-state index contributed by atoms with van der Waals surface area (Å²) in [5, 5.41) is 2.55. The minimum atomic E-state index is -1.86. The van der Waals surface area contributed by atoms with Gasteiger partial charge >= 0.3 is 24.0 Å². The minimum Gasteiger partial charge on any atom is -0.463 e. The molecule has 0 unspecified atom stereocenters. The van der Waals surface area contributed by atoms with Crippen LogP contribution in [-0.4, -0.2) is 70.8 Å². The lowest BCUT2D eigenvalue weighted by Crippen LogP contribution is -2.65. The Morgan fingerprint density at radius 3 is 2.09 bits per heavy atom. The van der Waals surface area contributed by atoms with Gasteiger partial charge in [-0.05, 0) is 12.1 Å². The Labute approximate surface area is 221 Å². The van der Waals surface area contributed by atoms with Crippen LogP contribution in [0.1, 0.15) is 20.8 Å². The van der Waals surface area contributed by atoms with Crippen molar-refractivity contribution in [2.45, 2.75) is 59.2 Å². The Morgan fingerprint density at radius 1 is 0.943 bits per heavy atom. The molecule has 1 aromatic rings. The Balaban J connectivity index is 2.42. The molecule has 1 fully saturated rings. The van der Waals surface area contributed by atoms with Gasteiger partial charge in [0.05, 0.1) is 0 Å². The zero-order valence-electron chi connectivity index (χ0n) is 18.9. The van der Waals surface area contributed by atoms with Gasteiger partial charge in [-0.1, -0.05) is 64.8 Å². The second-order valence-corrected chi connectivity index (χ2v) is 11.0. The molecule has 1 amide bonds. The van der Waals surface area contributed by atoms with Crippen molar-refractivity contribution in [3.05, 3.63) is 30.3 Å². The van der Waals surface area contributed by atoms with Crippen molar-refractivity contribution in [2.24, 2.45) is 0 Å². The summed E-state index contributed by atoms with van der Waals surface area (Å²) in [5.74, 6) is -2.03. The van der Waals surface area contributed by atoms with Crippen LogP contribution in [0.2, 0.25) is 0 Å². The molecule has 10 nitrogen and oxygen atoms in total. The van der Waals surface area contributed by atoms with Crippen LogP contribution in [0.3, 0.4) is 0 Å². The maximum absolute atomic E-state index is 12.5. The number of alkyl carbamates (subject to hydrolysis) is 1. The average Bonchev–Trinajstić information content (AvgIpc) is 2.74. The third-order valence-electron chi connectivity index (χ3n) is 4.35. The Kier molecular flexibility index (Phi) is 11.2. The molecule has 14 heteroatoms. The van der Waals surface area contributed by atoms with E-state index in [1.165, 1.54) is 18.7 Å². The molecule has 35 heavy (non-hydrogen) atoms. The number of carbonyl (C=O) groups excluding carboxylic acids is 4. The van der Waals surface area contributed by atoms with E-state index in [2.05, 4.69) is 5.32 Å². The van der Waals surface area contributed by atoms with E-state index in [4.69, 9.17) is 58.5 Å². The van der Waals surface area contributed by atoms with Crippen LogP contribution >= 0.6 is 46.6 Å². The van der Waals surface area contributed by atoms with Crippen molar-refractivity contribution in [1.29, 1.82) is 0 Å². The zero-order valence-corrected chi connectivity index (χ0v) is 22.0. The van der Waals surface area contributed by atoms with Crippen LogP contribution in [0.25, 0.3) is 0 Å². The normalized spacial score (nSPS) is 24.1. The highest BCUT2D eigenvalue weighted by Crippen LogP contribution is 2.36. The Hall–Kier alpha value is -1.92. The predicted octanol–water partition coefficient (Wildman–Crippen LogP) is 3.40. The standard InChI is InChI=1S/C21H24Cl3NO9S/c1-11(26)30-9-15-17(32-12(2)27)18(33-13(3)28)16(25-20(29)31-10-21(22,23)24)19(34-15)35-14-7-5-4-6-8-14/h4-8,15-19H,9-10H2,1-3H3,(H,25,29)/t15-,16-,17-,18-,19-/m1/s1. The summed E-state index contributed by atoms with van der Waals surface area (Å²) < 4.78 is 25.1. The van der Waals surface area contributed by atoms with Gasteiger partial charge in [-0.2, -0.15) is 0 Å². The van der Waals surface area contributed by atoms with E-state index < -0.39 is 64.2 Å². The van der Waals surface area contributed by atoms with Gasteiger partial charge < -0.3 is 29.0 Å². The smallest absolute Gasteiger partial charge is 0.407 e. The summed E-state index contributed by atoms with van der Waals surface area (Å²) in [4.78, 5) is 48.5. The van der Waals surface area contributed by atoms with Crippen LogP contribution in [0.4, 0.5) is 4.79 Å². The predicted molar refractivity (Wildman–Crippen MR) is 127 cm³/mol. The first kappa shape index (κ1) is 29.3. The highest BCUT2D eigenvalue weighted by molar-refractivity contribution is 7.99. The fourth-order valence-electron chi connectivity index (χ4n) is 3.11. The molecule has 0 spiro atoms. The van der Waals surface area contributed by atoms with Gasteiger partial charge in [0, 0.05) is 25.7 Å². The van der Waals surface area contributed by atoms with Crippen LogP contribution in [0.15, 0.2) is 35.2 Å². The number of amides is 1. The lowest BCUT2D eigenvalue weighted by Gasteiger charge is -2.44. The summed E-state index contributed by atoms with van der Waals surface area (Å²) in [6, 6.07) is 7.91. The lowest BCUT2D eigenvalue weighted by molar-refractivity contribution is -0.211. The molecule has 1 aliphatic heterocycles. The van der Waals surface area contributed by atoms with E-state index in [0.717, 1.165) is 18.7 Å². The Bertz CT molecular complexity index is 900. The van der Waals surface area contributed by atoms with Crippen LogP contribution in [-0.2, 0) is 38.1 Å². The molecule has 2 rings (SSSR count). The summed E-state index contributed by atoms with van der Waals surface area (Å²) in [7, 11) is 0. The lowest BCUT2D eigenvalue weighted by atomic mass is 9.97. The number of ether oxygens (including phenoxy) is 5. The van der Waals surface area contributed by atoms with Gasteiger partial charge in [-0.15, -0.1) is 0 Å². The van der Waals surface area contributed by atoms with Gasteiger partial charge in [-0.3, -0.25) is 14.4 Å². The van der Waals surface area contributed by atoms with Crippen molar-refractivity contribution in [3.8, 4) is 0 Å². The SMILES string of the molecule is CC(=O)OC[C@H]1O[C@H](Sc2ccccc2)[C@H](NC(=O)OCC(Cl)(Cl)Cl)[C@@H](OC(C)=O)[C@@H]1OC(C)=O. The maximum atomic E-state index is 12.5. The average molecular weight is 573 g/mol. The highest BCUT2D eigenvalue weighted by atomic mass is 35.6. The number of carbonyl (C=O) groups is 4. The third kappa shape index (κ3) is 10.3. The first-order valence-electron chi connectivity index (χ1n) is 10.2. The number of halogens is 3. The molecule has 0 saturated carbocycles. The molecule has 194 valence electrons. The fourth-order valence-corrected chi connectivity index (χ4v) is 4.43. The number of alkyl halides is 3. The van der Waals surface area contributed by atoms with E-state index in [9.17, 15) is 19.2 Å². The number of hydrogen-bond acceptors (Lipinski definition) is 10. The highest BCUT2D eigenvalue weighted by Gasteiger charge is 2.51. The van der Waals surface area contributed by atoms with E-state index in [1.54, 1.807) is 24.3 Å². The molecule has 0 bridgehead atoms. The zero-order chi connectivity index (χ0) is 26.2. The second kappa shape index (κ2) is 13.4. The van der Waals surface area contributed by atoms with Crippen molar-refractivity contribution < 1.29 is 42.9 Å². The second-order valence-electron chi connectivity index (χ2n) is 7.29. The molecule has 0 aromatic heterocycles. The fraction of sp³-hybridized carbons (Fsp3) is 0.524. The van der Waals surface area contributed by atoms with Gasteiger partial charge in [0.15, 0.2) is 12.2 Å². The van der Waals surface area contributed by atoms with Crippen molar-refractivity contribution in [2.75, 3.05) is 13.2 Å². The maximum Gasteiger partial charge on any atom is 0.407 e. The van der Waals surface area contributed by atoms with E-state index in [1.807, 2.05) is 6.07 Å². The summed E-state index contributed by atoms with van der Waals surface area (Å²) in [5.41, 5.74) is -0.908. The van der Waals surface area contributed by atoms with Crippen molar-refractivity contribution in [1.82, 2.24) is 5.32 Å². The molecule has 1 heterocycles. The Morgan fingerprint density at radius 2 is 1.54 bits per heavy atom. The summed E-state index contributed by atoms with van der Waals surface area (Å²) >= 11 is 18.1. The van der Waals surface area contributed by atoms with Crippen molar-refractivity contribution in [3.63, 3.8) is 0 Å². The van der Waals surface area contributed by atoms with E-state index in [0.29, 0.717) is 0 Å². The van der Waals surface area contributed by atoms with Gasteiger partial charge in [0.2, 0.25) is 3.79 Å². The first-order chi connectivity index (χ1) is 16.4. The quantitative estimate of drug-likeness (QED) is 0.281. The molecule has 1 aliphatic rings. The minimum absolute atomic E-state index is 0.304. The number of benzene rings is 1. The third-order valence-corrected chi connectivity index (χ3v) is 5.86. The van der Waals surface area contributed by atoms with E-state index >= 15 is 0 Å². The summed E-state index contributed by atoms with van der Waals surface area (Å²) in [6.45, 7) is 2.64. The topological polar surface area (TPSA) is 126 Å². The van der Waals surface area contributed by atoms with Crippen LogP contribution in [0, 0.1) is 0 Å². The van der Waals surface area contributed by atoms with Gasteiger partial charge in [-0.25, -0.2) is 4.79 Å². The van der Waals surface area contributed by atoms with E-state index in [-0.39, 0.29) is 6.61 Å². The number of rotatable bonds is 8. The first-order valence-corrected chi connectivity index (χ1v) is 12.2. The molecule has 0 radical (unpaired) electrons. The molecular formula is C21H24Cl3NO9S. The summed E-state index contributed by atoms with van der Waals surface area (Å²) in [6.07, 6.45) is -4.50. The number of nitrogens with one attached hydrogen (secondary N) is 1. The van der Waals surface area contributed by atoms with Crippen LogP contribution < -0.4 is 5.32 Å². The molecule has 5 atom stereocenters. The van der Waals surface area contributed by atoms with Crippen LogP contribution in [0.5, 0.6) is 0 Å².